The Labute approximate surface area is 130 Å². The molecule has 23 heavy (non-hydrogen) atoms. The first-order chi connectivity index (χ1) is 10.5. The van der Waals surface area contributed by atoms with Crippen LogP contribution in [0.3, 0.4) is 0 Å². The summed E-state index contributed by atoms with van der Waals surface area (Å²) in [6.07, 6.45) is -4.54. The fourth-order valence-electron chi connectivity index (χ4n) is 2.28. The molecule has 1 atom stereocenters. The van der Waals surface area contributed by atoms with Crippen molar-refractivity contribution in [2.24, 2.45) is 0 Å². The zero-order valence-corrected chi connectivity index (χ0v) is 12.8. The summed E-state index contributed by atoms with van der Waals surface area (Å²) < 4.78 is 69.9. The maximum atomic E-state index is 13.0. The summed E-state index contributed by atoms with van der Waals surface area (Å²) in [5.41, 5.74) is -2.49. The van der Waals surface area contributed by atoms with Gasteiger partial charge in [0.25, 0.3) is 0 Å². The quantitative estimate of drug-likeness (QED) is 0.893. The summed E-state index contributed by atoms with van der Waals surface area (Å²) in [5.74, 6) is -1.78. The molecule has 0 radical (unpaired) electrons. The molecule has 1 aromatic rings. The van der Waals surface area contributed by atoms with Crippen molar-refractivity contribution >= 4 is 16.0 Å². The average Bonchev–Trinajstić information content (AvgIpc) is 2.98. The van der Waals surface area contributed by atoms with Crippen molar-refractivity contribution in [2.45, 2.75) is 23.5 Å². The summed E-state index contributed by atoms with van der Waals surface area (Å²) in [5, 5.41) is 8.83. The number of carboxylic acid groups (broad SMARTS) is 1. The van der Waals surface area contributed by atoms with Crippen molar-refractivity contribution in [1.29, 1.82) is 0 Å². The number of nitrogens with zero attached hydrogens (tertiary/aromatic N) is 1. The normalized spacial score (nSPS) is 19.3. The second-order valence-electron chi connectivity index (χ2n) is 5.05. The van der Waals surface area contributed by atoms with Crippen molar-refractivity contribution in [3.63, 3.8) is 0 Å². The van der Waals surface area contributed by atoms with Crippen LogP contribution in [0.15, 0.2) is 23.1 Å². The molecule has 0 amide bonds. The van der Waals surface area contributed by atoms with Gasteiger partial charge in [0.1, 0.15) is 0 Å². The summed E-state index contributed by atoms with van der Waals surface area (Å²) in [7, 11) is -2.93. The molecular weight excluding hydrogens is 339 g/mol. The third-order valence-corrected chi connectivity index (χ3v) is 5.53. The SMILES string of the molecule is CN(C1CCOC1)S(=O)(=O)c1ccc(C(=O)O)c(C(F)(F)F)c1. The lowest BCUT2D eigenvalue weighted by Gasteiger charge is -2.23. The molecule has 0 saturated carbocycles. The van der Waals surface area contributed by atoms with Gasteiger partial charge in [-0.2, -0.15) is 17.5 Å². The smallest absolute Gasteiger partial charge is 0.417 e. The van der Waals surface area contributed by atoms with Crippen LogP contribution in [0.2, 0.25) is 0 Å². The van der Waals surface area contributed by atoms with E-state index in [1.54, 1.807) is 0 Å². The predicted molar refractivity (Wildman–Crippen MR) is 72.6 cm³/mol. The number of hydrogen-bond donors (Lipinski definition) is 1. The molecule has 0 spiro atoms. The highest BCUT2D eigenvalue weighted by atomic mass is 32.2. The van der Waals surface area contributed by atoms with E-state index < -0.39 is 44.2 Å². The molecule has 6 nitrogen and oxygen atoms in total. The number of hydrogen-bond acceptors (Lipinski definition) is 4. The number of benzene rings is 1. The van der Waals surface area contributed by atoms with Gasteiger partial charge in [0, 0.05) is 13.7 Å². The van der Waals surface area contributed by atoms with E-state index in [1.807, 2.05) is 0 Å². The number of carboxylic acids is 1. The standard InChI is InChI=1S/C13H14F3NO5S/c1-17(8-4-5-22-7-8)23(20,21)9-2-3-10(12(18)19)11(6-9)13(14,15)16/h2-3,6,8H,4-5,7H2,1H3,(H,18,19). The van der Waals surface area contributed by atoms with Crippen LogP contribution in [-0.2, 0) is 20.9 Å². The van der Waals surface area contributed by atoms with Crippen LogP contribution in [-0.4, -0.2) is 50.1 Å². The first-order valence-electron chi connectivity index (χ1n) is 6.55. The van der Waals surface area contributed by atoms with E-state index in [4.69, 9.17) is 9.84 Å². The monoisotopic (exact) mass is 353 g/mol. The average molecular weight is 353 g/mol. The van der Waals surface area contributed by atoms with E-state index >= 15 is 0 Å². The van der Waals surface area contributed by atoms with E-state index in [1.165, 1.54) is 7.05 Å². The molecule has 2 rings (SSSR count). The highest BCUT2D eigenvalue weighted by Gasteiger charge is 2.38. The van der Waals surface area contributed by atoms with Gasteiger partial charge in [0.05, 0.1) is 28.7 Å². The molecule has 1 saturated heterocycles. The van der Waals surface area contributed by atoms with Crippen molar-refractivity contribution in [1.82, 2.24) is 4.31 Å². The van der Waals surface area contributed by atoms with Crippen molar-refractivity contribution in [3.8, 4) is 0 Å². The summed E-state index contributed by atoms with van der Waals surface area (Å²) in [6, 6.07) is 1.40. The Balaban J connectivity index is 2.49. The zero-order chi connectivity index (χ0) is 17.4. The minimum atomic E-state index is -4.98. The number of halogens is 3. The lowest BCUT2D eigenvalue weighted by molar-refractivity contribution is -0.138. The number of rotatable bonds is 4. The van der Waals surface area contributed by atoms with E-state index in [0.29, 0.717) is 25.2 Å². The largest absolute Gasteiger partial charge is 0.478 e. The van der Waals surface area contributed by atoms with Gasteiger partial charge in [-0.05, 0) is 24.6 Å². The predicted octanol–water partition coefficient (Wildman–Crippen LogP) is 1.81. The molecule has 1 fully saturated rings. The molecule has 1 aliphatic heterocycles. The van der Waals surface area contributed by atoms with Crippen LogP contribution < -0.4 is 0 Å². The molecule has 1 heterocycles. The Morgan fingerprint density at radius 3 is 2.52 bits per heavy atom. The van der Waals surface area contributed by atoms with Gasteiger partial charge in [-0.1, -0.05) is 0 Å². The van der Waals surface area contributed by atoms with E-state index in [-0.39, 0.29) is 6.61 Å². The molecule has 128 valence electrons. The van der Waals surface area contributed by atoms with E-state index in [2.05, 4.69) is 0 Å². The third-order valence-electron chi connectivity index (χ3n) is 3.62. The Morgan fingerprint density at radius 1 is 1.39 bits per heavy atom. The molecule has 1 unspecified atom stereocenters. The lowest BCUT2D eigenvalue weighted by Crippen LogP contribution is -2.37. The highest BCUT2D eigenvalue weighted by molar-refractivity contribution is 7.89. The molecular formula is C13H14F3NO5S. The van der Waals surface area contributed by atoms with Crippen LogP contribution in [0, 0.1) is 0 Å². The Kier molecular flexibility index (Phi) is 4.69. The van der Waals surface area contributed by atoms with Crippen LogP contribution in [0.5, 0.6) is 0 Å². The maximum Gasteiger partial charge on any atom is 0.417 e. The number of carbonyl (C=O) groups is 1. The van der Waals surface area contributed by atoms with Gasteiger partial charge in [0.2, 0.25) is 10.0 Å². The summed E-state index contributed by atoms with van der Waals surface area (Å²) >= 11 is 0. The van der Waals surface area contributed by atoms with E-state index in [0.717, 1.165) is 10.4 Å². The minimum absolute atomic E-state index is 0.162. The number of ether oxygens (including phenoxy) is 1. The summed E-state index contributed by atoms with van der Waals surface area (Å²) in [6.45, 7) is 0.533. The first kappa shape index (κ1) is 17.7. The Hall–Kier alpha value is -1.65. The van der Waals surface area contributed by atoms with Crippen LogP contribution in [0.1, 0.15) is 22.3 Å². The van der Waals surface area contributed by atoms with E-state index in [9.17, 15) is 26.4 Å². The van der Waals surface area contributed by atoms with Crippen LogP contribution in [0.25, 0.3) is 0 Å². The van der Waals surface area contributed by atoms with Crippen molar-refractivity contribution in [3.05, 3.63) is 29.3 Å². The van der Waals surface area contributed by atoms with Crippen molar-refractivity contribution < 1.29 is 36.2 Å². The van der Waals surface area contributed by atoms with Gasteiger partial charge < -0.3 is 9.84 Å². The number of alkyl halides is 3. The minimum Gasteiger partial charge on any atom is -0.478 e. The van der Waals surface area contributed by atoms with Crippen LogP contribution in [0.4, 0.5) is 13.2 Å². The Bertz CT molecular complexity index is 711. The van der Waals surface area contributed by atoms with Gasteiger partial charge in [0.15, 0.2) is 0 Å². The van der Waals surface area contributed by atoms with Crippen molar-refractivity contribution in [2.75, 3.05) is 20.3 Å². The fraction of sp³-hybridized carbons (Fsp3) is 0.462. The number of aromatic carboxylic acids is 1. The van der Waals surface area contributed by atoms with Gasteiger partial charge >= 0.3 is 12.1 Å². The summed E-state index contributed by atoms with van der Waals surface area (Å²) in [4.78, 5) is 10.3. The second-order valence-corrected chi connectivity index (χ2v) is 7.05. The molecule has 0 aliphatic carbocycles. The highest BCUT2D eigenvalue weighted by Crippen LogP contribution is 2.34. The van der Waals surface area contributed by atoms with Gasteiger partial charge in [-0.25, -0.2) is 13.2 Å². The lowest BCUT2D eigenvalue weighted by atomic mass is 10.1. The molecule has 0 aromatic heterocycles. The molecule has 10 heteroatoms. The first-order valence-corrected chi connectivity index (χ1v) is 7.99. The zero-order valence-electron chi connectivity index (χ0n) is 12.0. The Morgan fingerprint density at radius 2 is 2.04 bits per heavy atom. The third kappa shape index (κ3) is 3.48. The van der Waals surface area contributed by atoms with Crippen LogP contribution >= 0.6 is 0 Å². The molecule has 1 aliphatic rings. The molecule has 1 aromatic carbocycles. The fourth-order valence-corrected chi connectivity index (χ4v) is 3.67. The number of sulfonamides is 1. The molecule has 0 bridgehead atoms. The maximum absolute atomic E-state index is 13.0. The topological polar surface area (TPSA) is 83.9 Å². The number of likely N-dealkylation sites (N-methyl/N-ethyl adjacent to an activating group) is 1. The van der Waals surface area contributed by atoms with Gasteiger partial charge in [-0.15, -0.1) is 0 Å². The van der Waals surface area contributed by atoms with Gasteiger partial charge in [-0.3, -0.25) is 0 Å². The second kappa shape index (κ2) is 6.10. The molecule has 1 N–H and O–H groups in total.